The third-order valence-corrected chi connectivity index (χ3v) is 2.21. The Morgan fingerprint density at radius 2 is 2.07 bits per heavy atom. The van der Waals surface area contributed by atoms with Gasteiger partial charge >= 0.3 is 0 Å². The van der Waals surface area contributed by atoms with E-state index in [1.165, 1.54) is 0 Å². The zero-order valence-electron chi connectivity index (χ0n) is 8.20. The van der Waals surface area contributed by atoms with Gasteiger partial charge in [0.2, 0.25) is 0 Å². The Hall–Kier alpha value is -1.57. The lowest BCUT2D eigenvalue weighted by atomic mass is 10.1. The zero-order valence-corrected chi connectivity index (χ0v) is 8.20. The average molecular weight is 184 g/mol. The predicted molar refractivity (Wildman–Crippen MR) is 57.9 cm³/mol. The lowest BCUT2D eigenvalue weighted by Crippen LogP contribution is -2.09. The Balaban J connectivity index is 2.31. The van der Waals surface area contributed by atoms with Gasteiger partial charge in [-0.25, -0.2) is 10.3 Å². The number of aliphatic imine (C=N–C) groups is 1. The molecule has 0 aliphatic carbocycles. The highest BCUT2D eigenvalue weighted by Crippen LogP contribution is 2.15. The third-order valence-electron chi connectivity index (χ3n) is 2.21. The van der Waals surface area contributed by atoms with Gasteiger partial charge in [0.05, 0.1) is 11.9 Å². The van der Waals surface area contributed by atoms with Crippen LogP contribution in [0.1, 0.15) is 24.5 Å². The molecular formula is C12H12N2. The quantitative estimate of drug-likeness (QED) is 0.675. The molecule has 0 bridgehead atoms. The lowest BCUT2D eigenvalue weighted by Gasteiger charge is -2.02. The molecule has 0 aromatic heterocycles. The van der Waals surface area contributed by atoms with Crippen molar-refractivity contribution in [3.05, 3.63) is 54.2 Å². The van der Waals surface area contributed by atoms with Crippen molar-refractivity contribution < 1.29 is 0 Å². The van der Waals surface area contributed by atoms with Crippen molar-refractivity contribution in [2.24, 2.45) is 4.99 Å². The second-order valence-electron chi connectivity index (χ2n) is 3.20. The maximum Gasteiger partial charge on any atom is 0.159 e. The van der Waals surface area contributed by atoms with Crippen molar-refractivity contribution >= 4 is 5.84 Å². The Kier molecular flexibility index (Phi) is 2.35. The minimum atomic E-state index is 0.785. The lowest BCUT2D eigenvalue weighted by molar-refractivity contribution is 1.07. The number of amidine groups is 1. The van der Waals surface area contributed by atoms with Crippen LogP contribution in [-0.4, -0.2) is 5.84 Å². The molecule has 0 amide bonds. The van der Waals surface area contributed by atoms with E-state index < -0.39 is 0 Å². The summed E-state index contributed by atoms with van der Waals surface area (Å²) in [6, 6.07) is 7.91. The molecule has 2 heteroatoms. The van der Waals surface area contributed by atoms with Gasteiger partial charge in [-0.15, -0.1) is 0 Å². The molecule has 1 aromatic rings. The van der Waals surface area contributed by atoms with Gasteiger partial charge in [-0.3, -0.25) is 0 Å². The maximum absolute atomic E-state index is 4.41. The molecule has 2 rings (SSSR count). The van der Waals surface area contributed by atoms with Gasteiger partial charge in [-0.2, -0.15) is 0 Å². The topological polar surface area (TPSA) is 26.5 Å². The summed E-state index contributed by atoms with van der Waals surface area (Å²) in [5.74, 6) is 0.785. The molecule has 0 saturated carbocycles. The number of nitrogens with zero attached hydrogens (tertiary/aromatic N) is 2. The van der Waals surface area contributed by atoms with Gasteiger partial charge in [-0.05, 0) is 18.9 Å². The van der Waals surface area contributed by atoms with E-state index in [0.29, 0.717) is 0 Å². The van der Waals surface area contributed by atoms with Crippen molar-refractivity contribution in [3.63, 3.8) is 0 Å². The molecule has 1 heterocycles. The third kappa shape index (κ3) is 1.55. The van der Waals surface area contributed by atoms with Crippen LogP contribution >= 0.6 is 0 Å². The highest BCUT2D eigenvalue weighted by atomic mass is 15.0. The number of rotatable bonds is 2. The average Bonchev–Trinajstić information content (AvgIpc) is 2.67. The molecule has 1 aliphatic heterocycles. The minimum absolute atomic E-state index is 0.785. The summed E-state index contributed by atoms with van der Waals surface area (Å²) in [4.78, 5) is 4.41. The van der Waals surface area contributed by atoms with E-state index in [1.54, 1.807) is 0 Å². The van der Waals surface area contributed by atoms with E-state index in [9.17, 15) is 0 Å². The van der Waals surface area contributed by atoms with Crippen molar-refractivity contribution in [1.82, 2.24) is 5.32 Å². The summed E-state index contributed by atoms with van der Waals surface area (Å²) in [7, 11) is 0. The molecule has 0 spiro atoms. The number of hydrogen-bond donors (Lipinski definition) is 0. The van der Waals surface area contributed by atoms with Gasteiger partial charge in [0.1, 0.15) is 0 Å². The second-order valence-corrected chi connectivity index (χ2v) is 3.20. The van der Waals surface area contributed by atoms with Crippen LogP contribution < -0.4 is 5.32 Å². The van der Waals surface area contributed by atoms with Crippen LogP contribution in [0.3, 0.4) is 0 Å². The fourth-order valence-corrected chi connectivity index (χ4v) is 1.37. The maximum atomic E-state index is 4.41. The van der Waals surface area contributed by atoms with Gasteiger partial charge in [-0.1, -0.05) is 31.2 Å². The highest BCUT2D eigenvalue weighted by molar-refractivity contribution is 6.02. The molecule has 14 heavy (non-hydrogen) atoms. The number of hydrogen-bond acceptors (Lipinski definition) is 1. The van der Waals surface area contributed by atoms with Gasteiger partial charge in [0.15, 0.2) is 5.84 Å². The minimum Gasteiger partial charge on any atom is -0.235 e. The highest BCUT2D eigenvalue weighted by Gasteiger charge is 2.11. The van der Waals surface area contributed by atoms with Gasteiger partial charge in [0, 0.05) is 5.56 Å². The van der Waals surface area contributed by atoms with Crippen molar-refractivity contribution in [2.45, 2.75) is 13.3 Å². The fraction of sp³-hybridized carbons (Fsp3) is 0.167. The summed E-state index contributed by atoms with van der Waals surface area (Å²) in [5.41, 5.74) is 3.02. The predicted octanol–water partition coefficient (Wildman–Crippen LogP) is 2.48. The standard InChI is InChI=1S/C12H12N2/c1-3-10-8-13-12(14-10)11-7-5-4-6-9(11)2/h4-8H,2-3H2,1H3. The van der Waals surface area contributed by atoms with E-state index in [1.807, 2.05) is 30.5 Å². The van der Waals surface area contributed by atoms with Crippen LogP contribution in [0.5, 0.6) is 0 Å². The number of benzene rings is 1. The van der Waals surface area contributed by atoms with Crippen molar-refractivity contribution in [1.29, 1.82) is 0 Å². The molecule has 0 unspecified atom stereocenters. The molecule has 0 saturated heterocycles. The Morgan fingerprint density at radius 1 is 1.29 bits per heavy atom. The first-order chi connectivity index (χ1) is 6.81. The van der Waals surface area contributed by atoms with E-state index in [4.69, 9.17) is 0 Å². The van der Waals surface area contributed by atoms with Gasteiger partial charge in [0.25, 0.3) is 0 Å². The van der Waals surface area contributed by atoms with Gasteiger partial charge < -0.3 is 0 Å². The first kappa shape index (κ1) is 9.00. The fourth-order valence-electron chi connectivity index (χ4n) is 1.37. The Morgan fingerprint density at radius 3 is 2.71 bits per heavy atom. The molecule has 2 nitrogen and oxygen atoms in total. The van der Waals surface area contributed by atoms with Crippen molar-refractivity contribution in [2.75, 3.05) is 0 Å². The molecule has 1 aromatic carbocycles. The van der Waals surface area contributed by atoms with Crippen LogP contribution in [-0.2, 0) is 0 Å². The zero-order chi connectivity index (χ0) is 9.97. The van der Waals surface area contributed by atoms with Crippen LogP contribution in [0, 0.1) is 6.92 Å². The number of allylic oxidation sites excluding steroid dienone is 1. The molecule has 1 aliphatic rings. The summed E-state index contributed by atoms with van der Waals surface area (Å²) in [6.45, 7) is 6.03. The van der Waals surface area contributed by atoms with E-state index in [2.05, 4.69) is 24.2 Å². The van der Waals surface area contributed by atoms with E-state index in [-0.39, 0.29) is 0 Å². The second kappa shape index (κ2) is 3.66. The molecule has 0 fully saturated rings. The van der Waals surface area contributed by atoms with E-state index >= 15 is 0 Å². The first-order valence-electron chi connectivity index (χ1n) is 4.71. The Bertz CT molecular complexity index is 403. The molecule has 0 atom stereocenters. The van der Waals surface area contributed by atoms with E-state index in [0.717, 1.165) is 29.1 Å². The monoisotopic (exact) mass is 184 g/mol. The Labute approximate surface area is 84.4 Å². The van der Waals surface area contributed by atoms with Crippen LogP contribution in [0.15, 0.2) is 41.2 Å². The first-order valence-corrected chi connectivity index (χ1v) is 4.71. The normalized spacial score (nSPS) is 14.7. The molecule has 0 N–H and O–H groups in total. The summed E-state index contributed by atoms with van der Waals surface area (Å²) >= 11 is 0. The summed E-state index contributed by atoms with van der Waals surface area (Å²) < 4.78 is 0. The van der Waals surface area contributed by atoms with Crippen LogP contribution in [0.4, 0.5) is 0 Å². The van der Waals surface area contributed by atoms with Crippen LogP contribution in [0.2, 0.25) is 0 Å². The largest absolute Gasteiger partial charge is 0.235 e. The summed E-state index contributed by atoms with van der Waals surface area (Å²) in [5, 5.41) is 4.27. The molecule has 70 valence electrons. The summed E-state index contributed by atoms with van der Waals surface area (Å²) in [6.07, 6.45) is 2.74. The SMILES string of the molecule is [CH2]c1ccccc1C1=NC(CC)=C[N]1. The van der Waals surface area contributed by atoms with Crippen LogP contribution in [0.25, 0.3) is 0 Å². The smallest absolute Gasteiger partial charge is 0.159 e. The van der Waals surface area contributed by atoms with Crippen molar-refractivity contribution in [3.8, 4) is 0 Å². The molecule has 2 radical (unpaired) electrons. The molecular weight excluding hydrogens is 172 g/mol.